The van der Waals surface area contributed by atoms with E-state index in [1.54, 1.807) is 0 Å². The van der Waals surface area contributed by atoms with E-state index in [1.807, 2.05) is 22.7 Å². The smallest absolute Gasteiger partial charge is 0.161 e. The Bertz CT molecular complexity index is 3840. The van der Waals surface area contributed by atoms with E-state index in [9.17, 15) is 0 Å². The van der Waals surface area contributed by atoms with E-state index in [2.05, 4.69) is 231 Å². The lowest BCUT2D eigenvalue weighted by molar-refractivity contribution is 1.19. The Morgan fingerprint density at radius 1 is 0.273 bits per heavy atom. The molecule has 0 unspecified atom stereocenters. The molecule has 3 aromatic heterocycles. The molecule has 4 heteroatoms. The van der Waals surface area contributed by atoms with Crippen LogP contribution in [0.4, 0.5) is 0 Å². The van der Waals surface area contributed by atoms with Crippen molar-refractivity contribution < 1.29 is 0 Å². The molecule has 0 radical (unpaired) electrons. The number of benzene rings is 10. The first-order valence-electron chi connectivity index (χ1n) is 22.3. The third-order valence-corrected chi connectivity index (χ3v) is 15.4. The number of hydrogen-bond acceptors (Lipinski definition) is 4. The van der Waals surface area contributed by atoms with Crippen molar-refractivity contribution in [2.75, 3.05) is 0 Å². The summed E-state index contributed by atoms with van der Waals surface area (Å²) in [5.74, 6) is 0.683. The van der Waals surface area contributed by atoms with Crippen LogP contribution in [-0.2, 0) is 0 Å². The first-order chi connectivity index (χ1) is 32.7. The third kappa shape index (κ3) is 6.45. The molecule has 13 rings (SSSR count). The molecule has 0 aliphatic carbocycles. The Morgan fingerprint density at radius 3 is 1.33 bits per heavy atom. The molecule has 0 aliphatic rings. The minimum atomic E-state index is 0.683. The van der Waals surface area contributed by atoms with Crippen LogP contribution in [0.2, 0.25) is 0 Å². The minimum Gasteiger partial charge on any atom is -0.228 e. The van der Waals surface area contributed by atoms with Gasteiger partial charge in [0.05, 0.1) is 11.4 Å². The maximum atomic E-state index is 5.68. The molecule has 0 saturated carbocycles. The number of fused-ring (bicyclic) bond motifs is 7. The van der Waals surface area contributed by atoms with E-state index in [-0.39, 0.29) is 0 Å². The molecule has 10 aromatic carbocycles. The molecule has 2 nitrogen and oxygen atoms in total. The molecular weight excluding hydrogens is 837 g/mol. The number of thiophene rings is 2. The van der Waals surface area contributed by atoms with E-state index in [4.69, 9.17) is 9.97 Å². The van der Waals surface area contributed by atoms with Crippen molar-refractivity contribution in [3.63, 3.8) is 0 Å². The van der Waals surface area contributed by atoms with Crippen LogP contribution in [0.15, 0.2) is 231 Å². The van der Waals surface area contributed by atoms with Gasteiger partial charge in [-0.1, -0.05) is 206 Å². The second-order valence-corrected chi connectivity index (χ2v) is 18.9. The average Bonchev–Trinajstić information content (AvgIpc) is 3.97. The zero-order valence-electron chi connectivity index (χ0n) is 35.7. The van der Waals surface area contributed by atoms with E-state index in [0.717, 1.165) is 55.9 Å². The predicted molar refractivity (Wildman–Crippen MR) is 283 cm³/mol. The van der Waals surface area contributed by atoms with Gasteiger partial charge in [0, 0.05) is 62.6 Å². The van der Waals surface area contributed by atoms with Gasteiger partial charge in [-0.05, 0) is 74.0 Å². The van der Waals surface area contributed by atoms with E-state index < -0.39 is 0 Å². The summed E-state index contributed by atoms with van der Waals surface area (Å²) in [5.41, 5.74) is 14.1. The molecule has 13 aromatic rings. The Balaban J connectivity index is 1.13. The largest absolute Gasteiger partial charge is 0.228 e. The average molecular weight is 875 g/mol. The molecule has 308 valence electrons. The lowest BCUT2D eigenvalue weighted by Crippen LogP contribution is -2.00. The summed E-state index contributed by atoms with van der Waals surface area (Å²) in [4.78, 5) is 11.4. The fourth-order valence-corrected chi connectivity index (χ4v) is 12.3. The summed E-state index contributed by atoms with van der Waals surface area (Å²) in [5, 5.41) is 7.43. The van der Waals surface area contributed by atoms with Crippen LogP contribution in [0.25, 0.3) is 130 Å². The first-order valence-corrected chi connectivity index (χ1v) is 23.9. The molecule has 0 atom stereocenters. The van der Waals surface area contributed by atoms with Crippen molar-refractivity contribution in [1.29, 1.82) is 0 Å². The molecular formula is C62H38N2S2. The zero-order valence-corrected chi connectivity index (χ0v) is 37.3. The summed E-state index contributed by atoms with van der Waals surface area (Å²) in [6.45, 7) is 0. The standard InChI is InChI=1S/C62H38N2S2/c1-3-16-39(17-4-1)40-32-34-43(35-33-40)59-53(37-36-48(58(59)42-19-5-2-6-20-42)45-25-13-21-41-18-7-8-22-44(41)45)62-63-54(51-28-14-26-49-46-23-9-11-30-56(46)65-60(49)51)38-55(64-62)52-29-15-27-50-47-24-10-12-31-57(47)66-61(50)52/h1-38H. The molecule has 66 heavy (non-hydrogen) atoms. The summed E-state index contributed by atoms with van der Waals surface area (Å²) >= 11 is 3.67. The Kier molecular flexibility index (Phi) is 9.26. The summed E-state index contributed by atoms with van der Waals surface area (Å²) in [6, 6.07) is 83.4. The molecule has 0 aliphatic heterocycles. The molecule has 0 N–H and O–H groups in total. The van der Waals surface area contributed by atoms with Gasteiger partial charge in [-0.25, -0.2) is 9.97 Å². The van der Waals surface area contributed by atoms with Crippen LogP contribution in [0, 0.1) is 0 Å². The zero-order chi connectivity index (χ0) is 43.6. The van der Waals surface area contributed by atoms with Gasteiger partial charge in [0.15, 0.2) is 5.82 Å². The molecule has 0 spiro atoms. The van der Waals surface area contributed by atoms with Gasteiger partial charge < -0.3 is 0 Å². The fraction of sp³-hybridized carbons (Fsp3) is 0. The lowest BCUT2D eigenvalue weighted by Gasteiger charge is -2.21. The lowest BCUT2D eigenvalue weighted by atomic mass is 9.83. The summed E-state index contributed by atoms with van der Waals surface area (Å²) in [6.07, 6.45) is 0. The highest BCUT2D eigenvalue weighted by atomic mass is 32.1. The normalized spacial score (nSPS) is 11.6. The highest BCUT2D eigenvalue weighted by Crippen LogP contribution is 2.48. The van der Waals surface area contributed by atoms with Crippen LogP contribution in [-0.4, -0.2) is 9.97 Å². The van der Waals surface area contributed by atoms with Gasteiger partial charge in [-0.15, -0.1) is 22.7 Å². The second kappa shape index (κ2) is 15.9. The van der Waals surface area contributed by atoms with Crippen LogP contribution < -0.4 is 0 Å². The second-order valence-electron chi connectivity index (χ2n) is 16.8. The fourth-order valence-electron chi connectivity index (χ4n) is 9.88. The minimum absolute atomic E-state index is 0.683. The Labute approximate surface area is 390 Å². The number of rotatable bonds is 7. The molecule has 0 saturated heterocycles. The molecule has 0 fully saturated rings. The summed E-state index contributed by atoms with van der Waals surface area (Å²) in [7, 11) is 0. The Morgan fingerprint density at radius 2 is 0.697 bits per heavy atom. The predicted octanol–water partition coefficient (Wildman–Crippen LogP) is 18.0. The van der Waals surface area contributed by atoms with Crippen molar-refractivity contribution in [2.45, 2.75) is 0 Å². The molecule has 0 amide bonds. The van der Waals surface area contributed by atoms with Crippen molar-refractivity contribution in [2.24, 2.45) is 0 Å². The van der Waals surface area contributed by atoms with Gasteiger partial charge in [0.2, 0.25) is 0 Å². The van der Waals surface area contributed by atoms with Gasteiger partial charge in [-0.2, -0.15) is 0 Å². The van der Waals surface area contributed by atoms with E-state index in [0.29, 0.717) is 5.82 Å². The van der Waals surface area contributed by atoms with E-state index in [1.165, 1.54) is 67.8 Å². The summed E-state index contributed by atoms with van der Waals surface area (Å²) < 4.78 is 4.98. The van der Waals surface area contributed by atoms with Crippen LogP contribution in [0.5, 0.6) is 0 Å². The maximum Gasteiger partial charge on any atom is 0.161 e. The third-order valence-electron chi connectivity index (χ3n) is 13.0. The van der Waals surface area contributed by atoms with Crippen molar-refractivity contribution in [1.82, 2.24) is 9.97 Å². The van der Waals surface area contributed by atoms with E-state index >= 15 is 0 Å². The molecule has 0 bridgehead atoms. The van der Waals surface area contributed by atoms with Crippen LogP contribution >= 0.6 is 22.7 Å². The van der Waals surface area contributed by atoms with Gasteiger partial charge in [0.25, 0.3) is 0 Å². The van der Waals surface area contributed by atoms with Gasteiger partial charge >= 0.3 is 0 Å². The van der Waals surface area contributed by atoms with Crippen molar-refractivity contribution in [3.05, 3.63) is 231 Å². The first kappa shape index (κ1) is 38.4. The molecule has 3 heterocycles. The SMILES string of the molecule is c1ccc(-c2ccc(-c3c(-c4nc(-c5cccc6c5sc5ccccc56)cc(-c5cccc6c5sc5ccccc56)n4)ccc(-c4cccc5ccccc45)c3-c3ccccc3)cc2)cc1. The quantitative estimate of drug-likeness (QED) is 0.159. The highest BCUT2D eigenvalue weighted by Gasteiger charge is 2.24. The maximum absolute atomic E-state index is 5.68. The Hall–Kier alpha value is -8.02. The van der Waals surface area contributed by atoms with Crippen LogP contribution in [0.1, 0.15) is 0 Å². The monoisotopic (exact) mass is 874 g/mol. The number of nitrogens with zero attached hydrogens (tertiary/aromatic N) is 2. The number of aromatic nitrogens is 2. The van der Waals surface area contributed by atoms with Gasteiger partial charge in [0.1, 0.15) is 0 Å². The number of hydrogen-bond donors (Lipinski definition) is 0. The van der Waals surface area contributed by atoms with Crippen molar-refractivity contribution >= 4 is 73.8 Å². The van der Waals surface area contributed by atoms with Gasteiger partial charge in [-0.3, -0.25) is 0 Å². The topological polar surface area (TPSA) is 25.8 Å². The highest BCUT2D eigenvalue weighted by molar-refractivity contribution is 7.26. The van der Waals surface area contributed by atoms with Crippen molar-refractivity contribution in [3.8, 4) is 78.4 Å². The van der Waals surface area contributed by atoms with Crippen LogP contribution in [0.3, 0.4) is 0 Å².